The van der Waals surface area contributed by atoms with Crippen LogP contribution >= 0.6 is 43.0 Å². The van der Waals surface area contributed by atoms with Crippen LogP contribution < -0.4 is 7.06 Å². The van der Waals surface area contributed by atoms with Crippen LogP contribution in [0.4, 0.5) is 0 Å². The van der Waals surface area contributed by atoms with E-state index in [1.165, 1.54) is 32.1 Å². The summed E-state index contributed by atoms with van der Waals surface area (Å²) in [5, 5.41) is 0. The van der Waals surface area contributed by atoms with Gasteiger partial charge in [0.15, 0.2) is 0 Å². The number of rotatable bonds is 6. The molecule has 6 nitrogen and oxygen atoms in total. The van der Waals surface area contributed by atoms with Crippen LogP contribution in [0.2, 0.25) is 0 Å². The average molecular weight is 588 g/mol. The van der Waals surface area contributed by atoms with Gasteiger partial charge in [0.2, 0.25) is 0 Å². The number of fused-ring (bicyclic) bond motifs is 1. The zero-order chi connectivity index (χ0) is 18.3. The molecule has 146 valence electrons. The van der Waals surface area contributed by atoms with Gasteiger partial charge in [-0.1, -0.05) is 0 Å². The summed E-state index contributed by atoms with van der Waals surface area (Å²) >= 11 is 0.901. The van der Waals surface area contributed by atoms with Crippen molar-refractivity contribution in [3.8, 4) is 0 Å². The molecule has 4 saturated carbocycles. The van der Waals surface area contributed by atoms with Crippen molar-refractivity contribution < 1.29 is 19.1 Å². The predicted molar refractivity (Wildman–Crippen MR) is 113 cm³/mol. The van der Waals surface area contributed by atoms with Crippen molar-refractivity contribution in [3.05, 3.63) is 0 Å². The molecule has 4 bridgehead atoms. The molecule has 0 aromatic heterocycles. The van der Waals surface area contributed by atoms with Crippen molar-refractivity contribution in [3.63, 3.8) is 0 Å². The van der Waals surface area contributed by atoms with Gasteiger partial charge in [-0.2, -0.15) is 0 Å². The van der Waals surface area contributed by atoms with Crippen LogP contribution in [0, 0.1) is 23.7 Å². The molecule has 0 aromatic carbocycles. The predicted octanol–water partition coefficient (Wildman–Crippen LogP) is 3.07. The van der Waals surface area contributed by atoms with E-state index >= 15 is 0 Å². The molecule has 2 heterocycles. The molecule has 0 aromatic rings. The molecule has 6 aliphatic rings. The fourth-order valence-electron chi connectivity index (χ4n) is 6.02. The van der Waals surface area contributed by atoms with E-state index in [0.717, 1.165) is 18.3 Å². The minimum absolute atomic E-state index is 0.176. The second-order valence-electron chi connectivity index (χ2n) is 8.80. The summed E-state index contributed by atoms with van der Waals surface area (Å²) in [6.45, 7) is 3.75. The minimum atomic E-state index is -1.24. The number of alkyl halides is 2. The molecule has 0 radical (unpaired) electrons. The summed E-state index contributed by atoms with van der Waals surface area (Å²) in [4.78, 5) is 25.1. The van der Waals surface area contributed by atoms with Crippen LogP contribution in [-0.2, 0) is 19.1 Å². The standard InChI is InChI=1S/C18H26I2N2O4/c1-3-17(12-5-10-4-11(7-12)8-13(17)6-10)26-14(23)9-25-15(24)16(2,19)18-20(21-18)22-18/h10-13,21-22H,3-9H2,1-2H3. The van der Waals surface area contributed by atoms with Gasteiger partial charge in [-0.05, 0) is 0 Å². The molecule has 6 fully saturated rings. The Labute approximate surface area is 175 Å². The molecule has 6 rings (SSSR count). The zero-order valence-electron chi connectivity index (χ0n) is 15.1. The second-order valence-corrected chi connectivity index (χ2v) is 15.3. The van der Waals surface area contributed by atoms with Crippen molar-refractivity contribution in [1.29, 1.82) is 0 Å². The van der Waals surface area contributed by atoms with Crippen molar-refractivity contribution in [2.45, 2.75) is 65.1 Å². The Morgan fingerprint density at radius 1 is 1.15 bits per heavy atom. The van der Waals surface area contributed by atoms with E-state index in [-0.39, 0.29) is 27.8 Å². The van der Waals surface area contributed by atoms with Crippen LogP contribution in [0.15, 0.2) is 0 Å². The molecule has 4 aliphatic carbocycles. The average Bonchev–Trinajstić information content (AvgIpc) is 3.45. The van der Waals surface area contributed by atoms with Crippen LogP contribution in [0.3, 0.4) is 0 Å². The van der Waals surface area contributed by atoms with E-state index in [1.807, 2.05) is 6.92 Å². The van der Waals surface area contributed by atoms with E-state index in [1.54, 1.807) is 0 Å². The Hall–Kier alpha value is 0.320. The summed E-state index contributed by atoms with van der Waals surface area (Å²) in [6, 6.07) is 0. The van der Waals surface area contributed by atoms with E-state index in [4.69, 9.17) is 9.47 Å². The first-order valence-corrected chi connectivity index (χ1v) is 14.0. The summed E-state index contributed by atoms with van der Waals surface area (Å²) in [7, 11) is 0. The number of carbonyl (C=O) groups excluding carboxylic acids is 2. The number of ether oxygens (including phenoxy) is 2. The molecule has 1 atom stereocenters. The van der Waals surface area contributed by atoms with Crippen molar-refractivity contribution in [1.82, 2.24) is 7.06 Å². The molecule has 2 N–H and O–H groups in total. The topological polar surface area (TPSA) is 96.5 Å². The zero-order valence-corrected chi connectivity index (χ0v) is 19.5. The third-order valence-corrected chi connectivity index (χ3v) is 14.5. The molecule has 0 amide bonds. The Kier molecular flexibility index (Phi) is 4.18. The molecular formula is C18H26I2N2O4. The second kappa shape index (κ2) is 5.91. The summed E-state index contributed by atoms with van der Waals surface area (Å²) in [5.41, 5.74) is -0.321. The van der Waals surface area contributed by atoms with Crippen LogP contribution in [0.1, 0.15) is 52.4 Å². The van der Waals surface area contributed by atoms with E-state index in [0.29, 0.717) is 11.8 Å². The van der Waals surface area contributed by atoms with Gasteiger partial charge in [0.05, 0.1) is 0 Å². The summed E-state index contributed by atoms with van der Waals surface area (Å²) < 4.78 is 17.3. The van der Waals surface area contributed by atoms with Crippen LogP contribution in [-0.4, -0.2) is 31.2 Å². The SMILES string of the molecule is CCC1(OC(=O)COC(=O)C(C)(I)C23NI2N3)C2CC3CC(C2)CC1C3. The summed E-state index contributed by atoms with van der Waals surface area (Å²) in [6.07, 6.45) is 7.05. The van der Waals surface area contributed by atoms with E-state index in [2.05, 4.69) is 36.6 Å². The molecule has 8 heteroatoms. The number of esters is 2. The van der Waals surface area contributed by atoms with E-state index in [9.17, 15) is 9.59 Å². The Bertz CT molecular complexity index is 634. The molecule has 1 unspecified atom stereocenters. The summed E-state index contributed by atoms with van der Waals surface area (Å²) in [5.74, 6) is 1.96. The number of nitrogens with one attached hydrogen (secondary N) is 2. The van der Waals surface area contributed by atoms with Gasteiger partial charge in [-0.3, -0.25) is 0 Å². The third kappa shape index (κ3) is 2.53. The molecule has 0 spiro atoms. The van der Waals surface area contributed by atoms with E-state index < -0.39 is 23.8 Å². The Balaban J connectivity index is 1.22. The van der Waals surface area contributed by atoms with Gasteiger partial charge in [0.1, 0.15) is 0 Å². The van der Waals surface area contributed by atoms with Gasteiger partial charge < -0.3 is 0 Å². The van der Waals surface area contributed by atoms with Gasteiger partial charge >= 0.3 is 176 Å². The first-order chi connectivity index (χ1) is 12.3. The van der Waals surface area contributed by atoms with Crippen molar-refractivity contribution in [2.75, 3.05) is 6.61 Å². The fraction of sp³-hybridized carbons (Fsp3) is 0.889. The molecular weight excluding hydrogens is 562 g/mol. The van der Waals surface area contributed by atoms with Gasteiger partial charge in [0, 0.05) is 0 Å². The van der Waals surface area contributed by atoms with Gasteiger partial charge in [-0.25, -0.2) is 0 Å². The fourth-order valence-corrected chi connectivity index (χ4v) is 13.8. The van der Waals surface area contributed by atoms with Gasteiger partial charge in [-0.15, -0.1) is 0 Å². The quantitative estimate of drug-likeness (QED) is 0.124. The van der Waals surface area contributed by atoms with Crippen molar-refractivity contribution >= 4 is 54.9 Å². The number of halogens is 2. The van der Waals surface area contributed by atoms with Gasteiger partial charge in [0.25, 0.3) is 0 Å². The maximum atomic E-state index is 12.6. The maximum absolute atomic E-state index is 12.6. The number of carbonyl (C=O) groups is 2. The monoisotopic (exact) mass is 588 g/mol. The van der Waals surface area contributed by atoms with Crippen LogP contribution in [0.5, 0.6) is 0 Å². The first-order valence-electron chi connectivity index (χ1n) is 9.64. The normalized spacial score (nSPS) is 44.0. The Morgan fingerprint density at radius 2 is 1.69 bits per heavy atom. The van der Waals surface area contributed by atoms with Crippen LogP contribution in [0.25, 0.3) is 0 Å². The molecule has 2 saturated heterocycles. The van der Waals surface area contributed by atoms with Crippen molar-refractivity contribution in [2.24, 2.45) is 23.7 Å². The molecule has 26 heavy (non-hydrogen) atoms. The number of hydrogen-bond acceptors (Lipinski definition) is 6. The third-order valence-electron chi connectivity index (χ3n) is 7.39. The Morgan fingerprint density at radius 3 is 2.15 bits per heavy atom. The number of hydrogen-bond donors (Lipinski definition) is 2. The first kappa shape index (κ1) is 18.4. The molecule has 2 aliphatic heterocycles.